The number of nitrogens with zero attached hydrogens (tertiary/aromatic N) is 2. The largest absolute Gasteiger partial charge is 0.448 e. The highest BCUT2D eigenvalue weighted by molar-refractivity contribution is 5.67. The second-order valence-corrected chi connectivity index (χ2v) is 6.59. The predicted molar refractivity (Wildman–Crippen MR) is 113 cm³/mol. The number of carbonyl (C=O) groups is 2. The van der Waals surface area contributed by atoms with Gasteiger partial charge in [0, 0.05) is 26.2 Å². The van der Waals surface area contributed by atoms with Crippen LogP contribution in [0.3, 0.4) is 0 Å². The molecule has 0 heterocycles. The topological polar surface area (TPSA) is 83.1 Å². The maximum atomic E-state index is 11.6. The lowest BCUT2D eigenvalue weighted by atomic mass is 10.2. The Kier molecular flexibility index (Phi) is 17.8. The Bertz CT molecular complexity index is 352. The molecular formula is C20H42N4O4. The lowest BCUT2D eigenvalue weighted by Crippen LogP contribution is -2.31. The number of likely N-dealkylation sites (N-methyl/N-ethyl adjacent to an activating group) is 2. The van der Waals surface area contributed by atoms with Gasteiger partial charge in [-0.15, -0.1) is 0 Å². The number of unbranched alkanes of at least 4 members (excludes halogenated alkanes) is 3. The van der Waals surface area contributed by atoms with E-state index in [1.807, 2.05) is 0 Å². The molecule has 0 aromatic carbocycles. The highest BCUT2D eigenvalue weighted by Gasteiger charge is 2.05. The van der Waals surface area contributed by atoms with Crippen molar-refractivity contribution in [1.29, 1.82) is 0 Å². The Morgan fingerprint density at radius 3 is 1.32 bits per heavy atom. The first kappa shape index (κ1) is 26.5. The molecule has 0 rings (SSSR count). The molecule has 0 aliphatic rings. The Morgan fingerprint density at radius 2 is 1.00 bits per heavy atom. The fraction of sp³-hybridized carbons (Fsp3) is 0.900. The molecule has 0 bridgehead atoms. The number of carbonyl (C=O) groups excluding carboxylic acids is 2. The first-order valence-electron chi connectivity index (χ1n) is 10.8. The molecule has 8 nitrogen and oxygen atoms in total. The average Bonchev–Trinajstić information content (AvgIpc) is 2.70. The third-order valence-corrected chi connectivity index (χ3v) is 4.71. The second-order valence-electron chi connectivity index (χ2n) is 6.59. The molecule has 0 radical (unpaired) electrons. The fourth-order valence-corrected chi connectivity index (χ4v) is 2.70. The van der Waals surface area contributed by atoms with Crippen molar-refractivity contribution in [3.8, 4) is 0 Å². The van der Waals surface area contributed by atoms with Crippen LogP contribution in [0.1, 0.15) is 53.4 Å². The van der Waals surface area contributed by atoms with Gasteiger partial charge in [-0.3, -0.25) is 0 Å². The maximum Gasteiger partial charge on any atom is 0.407 e. The van der Waals surface area contributed by atoms with Crippen LogP contribution in [0.2, 0.25) is 0 Å². The molecule has 0 aromatic heterocycles. The van der Waals surface area contributed by atoms with E-state index in [1.165, 1.54) is 0 Å². The van der Waals surface area contributed by atoms with Gasteiger partial charge in [-0.2, -0.15) is 0 Å². The van der Waals surface area contributed by atoms with E-state index in [9.17, 15) is 9.59 Å². The lowest BCUT2D eigenvalue weighted by Gasteiger charge is -2.17. The summed E-state index contributed by atoms with van der Waals surface area (Å²) < 4.78 is 10.3. The lowest BCUT2D eigenvalue weighted by molar-refractivity contribution is 0.128. The van der Waals surface area contributed by atoms with Gasteiger partial charge in [0.25, 0.3) is 0 Å². The van der Waals surface area contributed by atoms with Gasteiger partial charge in [-0.1, -0.05) is 40.5 Å². The molecule has 0 aromatic rings. The molecule has 166 valence electrons. The van der Waals surface area contributed by atoms with Crippen LogP contribution < -0.4 is 10.6 Å². The van der Waals surface area contributed by atoms with Crippen LogP contribution in [0.5, 0.6) is 0 Å². The first-order chi connectivity index (χ1) is 13.6. The van der Waals surface area contributed by atoms with E-state index in [2.05, 4.69) is 48.1 Å². The van der Waals surface area contributed by atoms with Gasteiger partial charge < -0.3 is 29.9 Å². The van der Waals surface area contributed by atoms with Crippen LogP contribution in [0.4, 0.5) is 9.59 Å². The quantitative estimate of drug-likeness (QED) is 0.364. The van der Waals surface area contributed by atoms with E-state index in [-0.39, 0.29) is 12.2 Å². The van der Waals surface area contributed by atoms with Gasteiger partial charge in [0.05, 0.1) is 0 Å². The summed E-state index contributed by atoms with van der Waals surface area (Å²) in [7, 11) is 0. The Labute approximate surface area is 171 Å². The summed E-state index contributed by atoms with van der Waals surface area (Å²) in [4.78, 5) is 27.5. The minimum Gasteiger partial charge on any atom is -0.448 e. The van der Waals surface area contributed by atoms with Crippen LogP contribution in [-0.4, -0.2) is 87.6 Å². The SMILES string of the molecule is CCN(CC)CCOC(=O)NCCCCCCNC(=O)OCCN(CC)CC. The molecule has 0 unspecified atom stereocenters. The smallest absolute Gasteiger partial charge is 0.407 e. The highest BCUT2D eigenvalue weighted by Crippen LogP contribution is 1.98. The van der Waals surface area contributed by atoms with Gasteiger partial charge >= 0.3 is 12.2 Å². The fourth-order valence-electron chi connectivity index (χ4n) is 2.70. The number of hydrogen-bond acceptors (Lipinski definition) is 6. The molecule has 28 heavy (non-hydrogen) atoms. The highest BCUT2D eigenvalue weighted by atomic mass is 16.6. The number of rotatable bonds is 17. The second kappa shape index (κ2) is 18.8. The maximum absolute atomic E-state index is 11.6. The molecule has 8 heteroatoms. The van der Waals surface area contributed by atoms with Crippen molar-refractivity contribution in [2.45, 2.75) is 53.4 Å². The molecule has 0 aliphatic carbocycles. The third kappa shape index (κ3) is 15.5. The summed E-state index contributed by atoms with van der Waals surface area (Å²) in [5.41, 5.74) is 0. The van der Waals surface area contributed by atoms with Gasteiger partial charge in [0.15, 0.2) is 0 Å². The molecule has 0 saturated heterocycles. The van der Waals surface area contributed by atoms with Gasteiger partial charge in [0.2, 0.25) is 0 Å². The van der Waals surface area contributed by atoms with E-state index in [1.54, 1.807) is 0 Å². The first-order valence-corrected chi connectivity index (χ1v) is 10.8. The van der Waals surface area contributed by atoms with Crippen molar-refractivity contribution in [2.24, 2.45) is 0 Å². The Morgan fingerprint density at radius 1 is 0.643 bits per heavy atom. The minimum atomic E-state index is -0.346. The molecular weight excluding hydrogens is 360 g/mol. The van der Waals surface area contributed by atoms with E-state index >= 15 is 0 Å². The molecule has 0 spiro atoms. The zero-order valence-corrected chi connectivity index (χ0v) is 18.4. The van der Waals surface area contributed by atoms with E-state index in [4.69, 9.17) is 9.47 Å². The van der Waals surface area contributed by atoms with Crippen molar-refractivity contribution in [2.75, 3.05) is 65.6 Å². The van der Waals surface area contributed by atoms with Gasteiger partial charge in [-0.05, 0) is 39.0 Å². The van der Waals surface area contributed by atoms with Crippen molar-refractivity contribution >= 4 is 12.2 Å². The van der Waals surface area contributed by atoms with Crippen LogP contribution in [0.15, 0.2) is 0 Å². The zero-order chi connectivity index (χ0) is 21.0. The standard InChI is InChI=1S/C20H42N4O4/c1-5-23(6-2)15-17-27-19(25)21-13-11-9-10-12-14-22-20(26)28-18-16-24(7-3)8-4/h5-18H2,1-4H3,(H,21,25)(H,22,26). The summed E-state index contributed by atoms with van der Waals surface area (Å²) in [6.07, 6.45) is 3.11. The van der Waals surface area contributed by atoms with E-state index in [0.29, 0.717) is 26.3 Å². The average molecular weight is 403 g/mol. The van der Waals surface area contributed by atoms with Crippen LogP contribution in [0, 0.1) is 0 Å². The third-order valence-electron chi connectivity index (χ3n) is 4.71. The molecule has 0 saturated carbocycles. The zero-order valence-electron chi connectivity index (χ0n) is 18.4. The molecule has 2 amide bonds. The molecule has 2 N–H and O–H groups in total. The van der Waals surface area contributed by atoms with E-state index < -0.39 is 0 Å². The summed E-state index contributed by atoms with van der Waals surface area (Å²) >= 11 is 0. The van der Waals surface area contributed by atoms with Crippen molar-refractivity contribution in [1.82, 2.24) is 20.4 Å². The minimum absolute atomic E-state index is 0.346. The van der Waals surface area contributed by atoms with Crippen LogP contribution in [-0.2, 0) is 9.47 Å². The number of amides is 2. The Hall–Kier alpha value is -1.54. The van der Waals surface area contributed by atoms with Gasteiger partial charge in [-0.25, -0.2) is 9.59 Å². The van der Waals surface area contributed by atoms with Crippen molar-refractivity contribution in [3.05, 3.63) is 0 Å². The normalized spacial score (nSPS) is 10.9. The summed E-state index contributed by atoms with van der Waals surface area (Å²) in [5.74, 6) is 0. The van der Waals surface area contributed by atoms with Gasteiger partial charge in [0.1, 0.15) is 13.2 Å². The summed E-state index contributed by atoms with van der Waals surface area (Å²) in [6.45, 7) is 15.8. The molecule has 0 atom stereocenters. The van der Waals surface area contributed by atoms with Crippen molar-refractivity contribution < 1.29 is 19.1 Å². The predicted octanol–water partition coefficient (Wildman–Crippen LogP) is 2.68. The monoisotopic (exact) mass is 402 g/mol. The Balaban J connectivity index is 3.42. The van der Waals surface area contributed by atoms with E-state index in [0.717, 1.165) is 65.0 Å². The van der Waals surface area contributed by atoms with Crippen LogP contribution in [0.25, 0.3) is 0 Å². The summed E-state index contributed by atoms with van der Waals surface area (Å²) in [6, 6.07) is 0. The summed E-state index contributed by atoms with van der Waals surface area (Å²) in [5, 5.41) is 5.54. The molecule has 0 aliphatic heterocycles. The number of nitrogens with one attached hydrogen (secondary N) is 2. The van der Waals surface area contributed by atoms with Crippen molar-refractivity contribution in [3.63, 3.8) is 0 Å². The number of ether oxygens (including phenoxy) is 2. The molecule has 0 fully saturated rings. The number of hydrogen-bond donors (Lipinski definition) is 2. The number of alkyl carbamates (subject to hydrolysis) is 2. The van der Waals surface area contributed by atoms with Crippen LogP contribution >= 0.6 is 0 Å².